The Kier molecular flexibility index (Phi) is 4.20. The Morgan fingerprint density at radius 3 is 2.48 bits per heavy atom. The van der Waals surface area contributed by atoms with Gasteiger partial charge >= 0.3 is 0 Å². The molecule has 0 N–H and O–H groups in total. The number of ether oxygens (including phenoxy) is 1. The molecule has 1 aliphatic heterocycles. The molecule has 0 radical (unpaired) electrons. The predicted molar refractivity (Wildman–Crippen MR) is 82.1 cm³/mol. The maximum Gasteiger partial charge on any atom is 0.123 e. The lowest BCUT2D eigenvalue weighted by Gasteiger charge is -2.37. The number of likely N-dealkylation sites (N-methyl/N-ethyl adjacent to an activating group) is 1. The molecule has 0 unspecified atom stereocenters. The van der Waals surface area contributed by atoms with Crippen LogP contribution in [0.4, 0.5) is 4.39 Å². The molecule has 2 aromatic carbocycles. The number of piperidine rings is 1. The molecule has 21 heavy (non-hydrogen) atoms. The van der Waals surface area contributed by atoms with Crippen LogP contribution in [0.25, 0.3) is 0 Å². The van der Waals surface area contributed by atoms with Crippen LogP contribution in [0.5, 0.6) is 5.75 Å². The molecule has 0 aromatic heterocycles. The Morgan fingerprint density at radius 1 is 1.05 bits per heavy atom. The second-order valence-corrected chi connectivity index (χ2v) is 5.68. The first-order chi connectivity index (χ1) is 10.2. The van der Waals surface area contributed by atoms with Gasteiger partial charge in [-0.05, 0) is 43.3 Å². The molecule has 0 spiro atoms. The van der Waals surface area contributed by atoms with Gasteiger partial charge < -0.3 is 9.64 Å². The van der Waals surface area contributed by atoms with Crippen LogP contribution in [0.2, 0.25) is 0 Å². The zero-order valence-corrected chi connectivity index (χ0v) is 12.2. The molecule has 1 heterocycles. The van der Waals surface area contributed by atoms with Gasteiger partial charge in [0.05, 0.1) is 0 Å². The third-order valence-corrected chi connectivity index (χ3v) is 4.08. The van der Waals surface area contributed by atoms with Crippen LogP contribution in [0.1, 0.15) is 17.9 Å². The van der Waals surface area contributed by atoms with Gasteiger partial charge in [-0.15, -0.1) is 0 Å². The van der Waals surface area contributed by atoms with Crippen molar-refractivity contribution < 1.29 is 9.13 Å². The van der Waals surface area contributed by atoms with Crippen LogP contribution in [-0.4, -0.2) is 31.1 Å². The Hall–Kier alpha value is -1.87. The van der Waals surface area contributed by atoms with Crippen LogP contribution >= 0.6 is 0 Å². The summed E-state index contributed by atoms with van der Waals surface area (Å²) in [6.07, 6.45) is 1.11. The van der Waals surface area contributed by atoms with E-state index in [9.17, 15) is 4.39 Å². The molecule has 110 valence electrons. The van der Waals surface area contributed by atoms with E-state index in [1.165, 1.54) is 17.7 Å². The minimum Gasteiger partial charge on any atom is -0.490 e. The van der Waals surface area contributed by atoms with Crippen LogP contribution in [0.3, 0.4) is 0 Å². The summed E-state index contributed by atoms with van der Waals surface area (Å²) in [5, 5.41) is 0. The van der Waals surface area contributed by atoms with Crippen molar-refractivity contribution in [2.75, 3.05) is 20.1 Å². The topological polar surface area (TPSA) is 12.5 Å². The zero-order chi connectivity index (χ0) is 14.7. The van der Waals surface area contributed by atoms with Crippen molar-refractivity contribution in [1.82, 2.24) is 4.90 Å². The molecule has 1 saturated heterocycles. The molecule has 0 amide bonds. The fraction of sp³-hybridized carbons (Fsp3) is 0.333. The van der Waals surface area contributed by atoms with E-state index < -0.39 is 0 Å². The number of rotatable bonds is 3. The quantitative estimate of drug-likeness (QED) is 0.852. The van der Waals surface area contributed by atoms with Gasteiger partial charge in [0.25, 0.3) is 0 Å². The van der Waals surface area contributed by atoms with Gasteiger partial charge in [-0.3, -0.25) is 0 Å². The van der Waals surface area contributed by atoms with Crippen molar-refractivity contribution in [3.05, 3.63) is 66.0 Å². The molecule has 2 nitrogen and oxygen atoms in total. The Bertz CT molecular complexity index is 570. The highest BCUT2D eigenvalue weighted by Gasteiger charge is 2.30. The summed E-state index contributed by atoms with van der Waals surface area (Å²) in [5.74, 6) is 0.854. The van der Waals surface area contributed by atoms with E-state index in [1.54, 1.807) is 12.1 Å². The van der Waals surface area contributed by atoms with Gasteiger partial charge in [-0.2, -0.15) is 0 Å². The number of likely N-dealkylation sites (tertiary alicyclic amines) is 1. The number of hydrogen-bond donors (Lipinski definition) is 0. The Labute approximate surface area is 125 Å². The van der Waals surface area contributed by atoms with E-state index in [4.69, 9.17) is 4.74 Å². The normalized spacial score (nSPS) is 23.0. The van der Waals surface area contributed by atoms with E-state index in [1.807, 2.05) is 6.07 Å². The first-order valence-electron chi connectivity index (χ1n) is 7.38. The monoisotopic (exact) mass is 285 g/mol. The molecule has 3 rings (SSSR count). The standard InChI is InChI=1S/C18H20FNO/c1-20-12-11-18(21-16-9-7-15(19)8-10-16)17(13-20)14-5-3-2-4-6-14/h2-10,17-18H,11-13H2,1H3/t17-,18-/m1/s1. The summed E-state index contributed by atoms with van der Waals surface area (Å²) in [6, 6.07) is 16.8. The Balaban J connectivity index is 1.79. The maximum atomic E-state index is 13.0. The first-order valence-corrected chi connectivity index (χ1v) is 7.38. The molecule has 1 fully saturated rings. The molecule has 2 atom stereocenters. The van der Waals surface area contributed by atoms with E-state index >= 15 is 0 Å². The van der Waals surface area contributed by atoms with E-state index in [2.05, 4.69) is 36.2 Å². The van der Waals surface area contributed by atoms with Crippen molar-refractivity contribution >= 4 is 0 Å². The van der Waals surface area contributed by atoms with Crippen LogP contribution in [0, 0.1) is 5.82 Å². The van der Waals surface area contributed by atoms with Gasteiger partial charge in [-0.25, -0.2) is 4.39 Å². The first kappa shape index (κ1) is 14.1. The third-order valence-electron chi connectivity index (χ3n) is 4.08. The van der Waals surface area contributed by atoms with Gasteiger partial charge in [-0.1, -0.05) is 30.3 Å². The van der Waals surface area contributed by atoms with Crippen molar-refractivity contribution in [3.63, 3.8) is 0 Å². The lowest BCUT2D eigenvalue weighted by molar-refractivity contribution is 0.0901. The summed E-state index contributed by atoms with van der Waals surface area (Å²) in [5.41, 5.74) is 1.30. The Morgan fingerprint density at radius 2 is 1.76 bits per heavy atom. The highest BCUT2D eigenvalue weighted by atomic mass is 19.1. The smallest absolute Gasteiger partial charge is 0.123 e. The van der Waals surface area contributed by atoms with E-state index in [-0.39, 0.29) is 11.9 Å². The summed E-state index contributed by atoms with van der Waals surface area (Å²) in [6.45, 7) is 2.01. The van der Waals surface area contributed by atoms with Gasteiger partial charge in [0.1, 0.15) is 17.7 Å². The van der Waals surface area contributed by atoms with Crippen molar-refractivity contribution in [2.24, 2.45) is 0 Å². The molecule has 0 saturated carbocycles. The summed E-state index contributed by atoms with van der Waals surface area (Å²) < 4.78 is 19.1. The van der Waals surface area contributed by atoms with Crippen molar-refractivity contribution in [1.29, 1.82) is 0 Å². The number of nitrogens with zero attached hydrogens (tertiary/aromatic N) is 1. The molecule has 0 bridgehead atoms. The highest BCUT2D eigenvalue weighted by Crippen LogP contribution is 2.30. The van der Waals surface area contributed by atoms with E-state index in [0.29, 0.717) is 5.92 Å². The summed E-state index contributed by atoms with van der Waals surface area (Å²) >= 11 is 0. The average molecular weight is 285 g/mol. The van der Waals surface area contributed by atoms with E-state index in [0.717, 1.165) is 25.3 Å². The molecular weight excluding hydrogens is 265 g/mol. The van der Waals surface area contributed by atoms with Crippen molar-refractivity contribution in [3.8, 4) is 5.75 Å². The minimum absolute atomic E-state index is 0.133. The fourth-order valence-corrected chi connectivity index (χ4v) is 2.94. The minimum atomic E-state index is -0.231. The third kappa shape index (κ3) is 3.42. The maximum absolute atomic E-state index is 13.0. The predicted octanol–water partition coefficient (Wildman–Crippen LogP) is 3.69. The largest absolute Gasteiger partial charge is 0.490 e. The molecule has 3 heteroatoms. The fourth-order valence-electron chi connectivity index (χ4n) is 2.94. The van der Waals surface area contributed by atoms with Crippen molar-refractivity contribution in [2.45, 2.75) is 18.4 Å². The van der Waals surface area contributed by atoms with Crippen LogP contribution < -0.4 is 4.74 Å². The summed E-state index contributed by atoms with van der Waals surface area (Å²) in [7, 11) is 2.14. The highest BCUT2D eigenvalue weighted by molar-refractivity contribution is 5.26. The molecule has 2 aromatic rings. The van der Waals surface area contributed by atoms with Gasteiger partial charge in [0, 0.05) is 19.0 Å². The zero-order valence-electron chi connectivity index (χ0n) is 12.2. The lowest BCUT2D eigenvalue weighted by Crippen LogP contribution is -2.42. The molecular formula is C18H20FNO. The lowest BCUT2D eigenvalue weighted by atomic mass is 9.88. The summed E-state index contributed by atoms with van der Waals surface area (Å²) in [4.78, 5) is 2.34. The van der Waals surface area contributed by atoms with Gasteiger partial charge in [0.2, 0.25) is 0 Å². The molecule has 0 aliphatic carbocycles. The number of hydrogen-bond acceptors (Lipinski definition) is 2. The van der Waals surface area contributed by atoms with Crippen LogP contribution in [0.15, 0.2) is 54.6 Å². The number of halogens is 1. The second-order valence-electron chi connectivity index (χ2n) is 5.68. The number of benzene rings is 2. The average Bonchev–Trinajstić information content (AvgIpc) is 2.52. The molecule has 1 aliphatic rings. The van der Waals surface area contributed by atoms with Gasteiger partial charge in [0.15, 0.2) is 0 Å². The van der Waals surface area contributed by atoms with Crippen LogP contribution in [-0.2, 0) is 0 Å². The SMILES string of the molecule is CN1CC[C@@H](Oc2ccc(F)cc2)[C@@H](c2ccccc2)C1. The second kappa shape index (κ2) is 6.27.